The number of hydrogen-bond acceptors (Lipinski definition) is 5. The second-order valence-corrected chi connectivity index (χ2v) is 6.10. The Kier molecular flexibility index (Phi) is 5.99. The Morgan fingerprint density at radius 1 is 1.04 bits per heavy atom. The highest BCUT2D eigenvalue weighted by atomic mass is 16.5. The Morgan fingerprint density at radius 2 is 1.74 bits per heavy atom. The van der Waals surface area contributed by atoms with Gasteiger partial charge in [-0.1, -0.05) is 35.9 Å². The maximum Gasteiger partial charge on any atom is 0.258 e. The molecule has 2 N–H and O–H groups in total. The van der Waals surface area contributed by atoms with Gasteiger partial charge in [0, 0.05) is 24.6 Å². The molecule has 0 aliphatic heterocycles. The first-order valence-electron chi connectivity index (χ1n) is 8.71. The van der Waals surface area contributed by atoms with Gasteiger partial charge in [-0.3, -0.25) is 4.79 Å². The molecule has 138 valence electrons. The molecule has 0 bridgehead atoms. The molecule has 3 rings (SSSR count). The van der Waals surface area contributed by atoms with Gasteiger partial charge in [-0.05, 0) is 37.1 Å². The van der Waals surface area contributed by atoms with Gasteiger partial charge in [0.15, 0.2) is 0 Å². The molecule has 0 fully saturated rings. The Bertz CT molecular complexity index is 893. The SMILES string of the molecule is COc1ccccc1CCNc1ncc(C(=O)Nc2ccc(C)cc2)cn1. The van der Waals surface area contributed by atoms with Gasteiger partial charge in [0.05, 0.1) is 12.7 Å². The van der Waals surface area contributed by atoms with E-state index in [2.05, 4.69) is 20.6 Å². The van der Waals surface area contributed by atoms with Crippen LogP contribution >= 0.6 is 0 Å². The molecule has 0 unspecified atom stereocenters. The van der Waals surface area contributed by atoms with Gasteiger partial charge in [-0.15, -0.1) is 0 Å². The number of benzene rings is 2. The molecule has 0 aliphatic rings. The summed E-state index contributed by atoms with van der Waals surface area (Å²) in [6.45, 7) is 2.66. The van der Waals surface area contributed by atoms with Crippen LogP contribution in [0.25, 0.3) is 0 Å². The molecule has 0 radical (unpaired) electrons. The van der Waals surface area contributed by atoms with E-state index in [1.165, 1.54) is 12.4 Å². The van der Waals surface area contributed by atoms with Crippen LogP contribution in [0, 0.1) is 6.92 Å². The number of carbonyl (C=O) groups is 1. The largest absolute Gasteiger partial charge is 0.496 e. The lowest BCUT2D eigenvalue weighted by Crippen LogP contribution is -2.14. The van der Waals surface area contributed by atoms with Crippen LogP contribution in [0.4, 0.5) is 11.6 Å². The van der Waals surface area contributed by atoms with E-state index in [9.17, 15) is 4.79 Å². The minimum Gasteiger partial charge on any atom is -0.496 e. The van der Waals surface area contributed by atoms with Crippen molar-refractivity contribution in [2.75, 3.05) is 24.3 Å². The van der Waals surface area contributed by atoms with Crippen LogP contribution in [0.2, 0.25) is 0 Å². The van der Waals surface area contributed by atoms with Crippen LogP contribution in [-0.2, 0) is 6.42 Å². The topological polar surface area (TPSA) is 76.1 Å². The van der Waals surface area contributed by atoms with E-state index in [-0.39, 0.29) is 5.91 Å². The van der Waals surface area contributed by atoms with E-state index in [1.807, 2.05) is 55.5 Å². The van der Waals surface area contributed by atoms with Crippen molar-refractivity contribution in [3.8, 4) is 5.75 Å². The molecule has 0 saturated carbocycles. The lowest BCUT2D eigenvalue weighted by Gasteiger charge is -2.09. The van der Waals surface area contributed by atoms with Crippen LogP contribution < -0.4 is 15.4 Å². The second kappa shape index (κ2) is 8.80. The minimum atomic E-state index is -0.237. The van der Waals surface area contributed by atoms with Crippen molar-refractivity contribution in [2.45, 2.75) is 13.3 Å². The number of rotatable bonds is 7. The van der Waals surface area contributed by atoms with E-state index in [0.717, 1.165) is 29.0 Å². The summed E-state index contributed by atoms with van der Waals surface area (Å²) in [6.07, 6.45) is 3.81. The zero-order valence-electron chi connectivity index (χ0n) is 15.4. The number of amides is 1. The van der Waals surface area contributed by atoms with Crippen LogP contribution in [0.3, 0.4) is 0 Å². The van der Waals surface area contributed by atoms with Crippen molar-refractivity contribution in [2.24, 2.45) is 0 Å². The second-order valence-electron chi connectivity index (χ2n) is 6.10. The first-order valence-corrected chi connectivity index (χ1v) is 8.71. The molecular weight excluding hydrogens is 340 g/mol. The fourth-order valence-corrected chi connectivity index (χ4v) is 2.60. The summed E-state index contributed by atoms with van der Waals surface area (Å²) >= 11 is 0. The summed E-state index contributed by atoms with van der Waals surface area (Å²) in [5, 5.41) is 5.99. The quantitative estimate of drug-likeness (QED) is 0.670. The number of aromatic nitrogens is 2. The Balaban J connectivity index is 1.53. The Morgan fingerprint density at radius 3 is 2.44 bits per heavy atom. The average Bonchev–Trinajstić information content (AvgIpc) is 2.70. The summed E-state index contributed by atoms with van der Waals surface area (Å²) in [5.41, 5.74) is 3.40. The van der Waals surface area contributed by atoms with Crippen molar-refractivity contribution < 1.29 is 9.53 Å². The predicted octanol–water partition coefficient (Wildman–Crippen LogP) is 3.70. The third kappa shape index (κ3) is 5.04. The molecule has 6 nitrogen and oxygen atoms in total. The van der Waals surface area contributed by atoms with Crippen LogP contribution in [0.1, 0.15) is 21.5 Å². The monoisotopic (exact) mass is 362 g/mol. The molecule has 0 atom stereocenters. The van der Waals surface area contributed by atoms with E-state index < -0.39 is 0 Å². The molecule has 0 aliphatic carbocycles. The first kappa shape index (κ1) is 18.4. The van der Waals surface area contributed by atoms with Crippen LogP contribution in [0.15, 0.2) is 60.9 Å². The molecule has 2 aromatic carbocycles. The highest BCUT2D eigenvalue weighted by Gasteiger charge is 2.08. The molecule has 6 heteroatoms. The fraction of sp³-hybridized carbons (Fsp3) is 0.190. The number of anilines is 2. The lowest BCUT2D eigenvalue weighted by atomic mass is 10.1. The van der Waals surface area contributed by atoms with E-state index in [4.69, 9.17) is 4.74 Å². The summed E-state index contributed by atoms with van der Waals surface area (Å²) < 4.78 is 5.34. The number of ether oxygens (including phenoxy) is 1. The van der Waals surface area contributed by atoms with Crippen molar-refractivity contribution in [3.05, 3.63) is 77.6 Å². The molecule has 1 amide bonds. The summed E-state index contributed by atoms with van der Waals surface area (Å²) in [5.74, 6) is 1.11. The van der Waals surface area contributed by atoms with E-state index in [0.29, 0.717) is 18.1 Å². The smallest absolute Gasteiger partial charge is 0.258 e. The average molecular weight is 362 g/mol. The van der Waals surface area contributed by atoms with E-state index in [1.54, 1.807) is 7.11 Å². The third-order valence-corrected chi connectivity index (χ3v) is 4.09. The summed E-state index contributed by atoms with van der Waals surface area (Å²) in [6, 6.07) is 15.5. The van der Waals surface area contributed by atoms with Crippen LogP contribution in [-0.4, -0.2) is 29.5 Å². The van der Waals surface area contributed by atoms with Gasteiger partial charge in [0.1, 0.15) is 5.75 Å². The number of nitrogens with one attached hydrogen (secondary N) is 2. The number of aryl methyl sites for hydroxylation is 1. The zero-order valence-corrected chi connectivity index (χ0v) is 15.4. The van der Waals surface area contributed by atoms with Crippen molar-refractivity contribution in [1.29, 1.82) is 0 Å². The number of carbonyl (C=O) groups excluding carboxylic acids is 1. The van der Waals surface area contributed by atoms with Gasteiger partial charge < -0.3 is 15.4 Å². The predicted molar refractivity (Wildman–Crippen MR) is 106 cm³/mol. The Hall–Kier alpha value is -3.41. The van der Waals surface area contributed by atoms with Gasteiger partial charge >= 0.3 is 0 Å². The number of methoxy groups -OCH3 is 1. The zero-order chi connectivity index (χ0) is 19.1. The highest BCUT2D eigenvalue weighted by molar-refractivity contribution is 6.03. The van der Waals surface area contributed by atoms with Crippen molar-refractivity contribution in [3.63, 3.8) is 0 Å². The third-order valence-electron chi connectivity index (χ3n) is 4.09. The summed E-state index contributed by atoms with van der Waals surface area (Å²) in [7, 11) is 1.66. The molecule has 1 aromatic heterocycles. The molecule has 27 heavy (non-hydrogen) atoms. The van der Waals surface area contributed by atoms with Gasteiger partial charge in [0.25, 0.3) is 5.91 Å². The fourth-order valence-electron chi connectivity index (χ4n) is 2.60. The maximum absolute atomic E-state index is 12.3. The number of hydrogen-bond donors (Lipinski definition) is 2. The van der Waals surface area contributed by atoms with Crippen molar-refractivity contribution in [1.82, 2.24) is 9.97 Å². The van der Waals surface area contributed by atoms with Gasteiger partial charge in [0.2, 0.25) is 5.95 Å². The molecule has 0 saturated heterocycles. The number of para-hydroxylation sites is 1. The first-order chi connectivity index (χ1) is 13.2. The molecule has 3 aromatic rings. The molecule has 0 spiro atoms. The van der Waals surface area contributed by atoms with Gasteiger partial charge in [-0.2, -0.15) is 0 Å². The van der Waals surface area contributed by atoms with E-state index >= 15 is 0 Å². The molecule has 1 heterocycles. The standard InChI is InChI=1S/C21H22N4O2/c1-15-7-9-18(10-8-15)25-20(26)17-13-23-21(24-14-17)22-12-11-16-5-3-4-6-19(16)27-2/h3-10,13-14H,11-12H2,1-2H3,(H,25,26)(H,22,23,24). The number of nitrogens with zero attached hydrogens (tertiary/aromatic N) is 2. The normalized spacial score (nSPS) is 10.3. The molecular formula is C21H22N4O2. The van der Waals surface area contributed by atoms with Crippen molar-refractivity contribution >= 4 is 17.5 Å². The Labute approximate surface area is 158 Å². The van der Waals surface area contributed by atoms with Crippen LogP contribution in [0.5, 0.6) is 5.75 Å². The highest BCUT2D eigenvalue weighted by Crippen LogP contribution is 2.17. The minimum absolute atomic E-state index is 0.237. The summed E-state index contributed by atoms with van der Waals surface area (Å²) in [4.78, 5) is 20.7. The maximum atomic E-state index is 12.3. The van der Waals surface area contributed by atoms with Gasteiger partial charge in [-0.25, -0.2) is 9.97 Å². The lowest BCUT2D eigenvalue weighted by molar-refractivity contribution is 0.102.